The van der Waals surface area contributed by atoms with Gasteiger partial charge in [-0.15, -0.1) is 0 Å². The monoisotopic (exact) mass is 442 g/mol. The number of ketones is 2. The second-order valence-corrected chi connectivity index (χ2v) is 11.7. The lowest BCUT2D eigenvalue weighted by molar-refractivity contribution is -0.127. The zero-order valence-corrected chi connectivity index (χ0v) is 21.0. The molecule has 2 aliphatic heterocycles. The summed E-state index contributed by atoms with van der Waals surface area (Å²) >= 11 is 0. The standard InChI is InChI=1S/C26H42N4O2/c1-25(2,3)22(31)19-29-15-13-28(14-16-29)11-9-20-10-12-30(18-20)23-8-7-21(17-27-23)24(32)26(4,5)6/h7-8,17,20H,9-16,18-19H2,1-6H3. The van der Waals surface area contributed by atoms with Gasteiger partial charge in [0.05, 0.1) is 6.54 Å². The average Bonchev–Trinajstić information content (AvgIpc) is 3.20. The Morgan fingerprint density at radius 1 is 0.938 bits per heavy atom. The van der Waals surface area contributed by atoms with E-state index in [1.807, 2.05) is 53.7 Å². The van der Waals surface area contributed by atoms with Crippen LogP contribution in [0.15, 0.2) is 18.3 Å². The Balaban J connectivity index is 1.40. The third kappa shape index (κ3) is 6.61. The van der Waals surface area contributed by atoms with Crippen LogP contribution in [-0.2, 0) is 4.79 Å². The second-order valence-electron chi connectivity index (χ2n) is 11.7. The highest BCUT2D eigenvalue weighted by atomic mass is 16.1. The molecule has 178 valence electrons. The molecule has 0 amide bonds. The molecule has 0 aliphatic carbocycles. The lowest BCUT2D eigenvalue weighted by atomic mass is 9.87. The number of nitrogens with zero attached hydrogens (tertiary/aromatic N) is 4. The van der Waals surface area contributed by atoms with E-state index in [-0.39, 0.29) is 16.6 Å². The number of rotatable bonds is 7. The Kier molecular flexibility index (Phi) is 7.77. The number of aromatic nitrogens is 1. The van der Waals surface area contributed by atoms with Gasteiger partial charge in [0.25, 0.3) is 0 Å². The van der Waals surface area contributed by atoms with Gasteiger partial charge in [0.1, 0.15) is 5.82 Å². The van der Waals surface area contributed by atoms with Gasteiger partial charge in [0.2, 0.25) is 0 Å². The van der Waals surface area contributed by atoms with Gasteiger partial charge in [-0.1, -0.05) is 41.5 Å². The summed E-state index contributed by atoms with van der Waals surface area (Å²) in [6, 6.07) is 3.92. The van der Waals surface area contributed by atoms with Crippen LogP contribution in [0, 0.1) is 16.7 Å². The van der Waals surface area contributed by atoms with Crippen molar-refractivity contribution in [3.05, 3.63) is 23.9 Å². The van der Waals surface area contributed by atoms with E-state index in [4.69, 9.17) is 0 Å². The molecule has 6 nitrogen and oxygen atoms in total. The van der Waals surface area contributed by atoms with Crippen molar-refractivity contribution in [2.45, 2.75) is 54.4 Å². The maximum Gasteiger partial charge on any atom is 0.169 e. The predicted molar refractivity (Wildman–Crippen MR) is 130 cm³/mol. The molecule has 1 atom stereocenters. The molecule has 0 radical (unpaired) electrons. The molecule has 1 aromatic heterocycles. The van der Waals surface area contributed by atoms with Crippen LogP contribution in [0.5, 0.6) is 0 Å². The van der Waals surface area contributed by atoms with E-state index >= 15 is 0 Å². The first kappa shape index (κ1) is 24.8. The van der Waals surface area contributed by atoms with E-state index < -0.39 is 0 Å². The highest BCUT2D eigenvalue weighted by Crippen LogP contribution is 2.26. The lowest BCUT2D eigenvalue weighted by Gasteiger charge is -2.35. The molecule has 1 aromatic rings. The van der Waals surface area contributed by atoms with Crippen LogP contribution in [0.2, 0.25) is 0 Å². The fourth-order valence-corrected chi connectivity index (χ4v) is 4.39. The Bertz CT molecular complexity index is 784. The molecular formula is C26H42N4O2. The molecule has 2 fully saturated rings. The summed E-state index contributed by atoms with van der Waals surface area (Å²) in [5, 5.41) is 0. The van der Waals surface area contributed by atoms with Crippen molar-refractivity contribution in [1.29, 1.82) is 0 Å². The Hall–Kier alpha value is -1.79. The predicted octanol–water partition coefficient (Wildman–Crippen LogP) is 3.76. The number of carbonyl (C=O) groups is 2. The largest absolute Gasteiger partial charge is 0.356 e. The molecule has 2 saturated heterocycles. The number of piperazine rings is 1. The molecule has 3 rings (SSSR count). The zero-order valence-electron chi connectivity index (χ0n) is 21.0. The molecule has 32 heavy (non-hydrogen) atoms. The number of hydrogen-bond acceptors (Lipinski definition) is 6. The van der Waals surface area contributed by atoms with E-state index in [9.17, 15) is 9.59 Å². The molecule has 0 spiro atoms. The van der Waals surface area contributed by atoms with Gasteiger partial charge in [-0.2, -0.15) is 0 Å². The minimum Gasteiger partial charge on any atom is -0.356 e. The maximum atomic E-state index is 12.4. The van der Waals surface area contributed by atoms with E-state index in [0.717, 1.165) is 51.6 Å². The van der Waals surface area contributed by atoms with Crippen molar-refractivity contribution < 1.29 is 9.59 Å². The Morgan fingerprint density at radius 2 is 1.59 bits per heavy atom. The van der Waals surface area contributed by atoms with Crippen molar-refractivity contribution in [2.24, 2.45) is 16.7 Å². The van der Waals surface area contributed by atoms with Crippen molar-refractivity contribution in [1.82, 2.24) is 14.8 Å². The number of anilines is 1. The van der Waals surface area contributed by atoms with Crippen LogP contribution in [0.25, 0.3) is 0 Å². The van der Waals surface area contributed by atoms with Gasteiger partial charge < -0.3 is 9.80 Å². The van der Waals surface area contributed by atoms with Crippen LogP contribution in [0.4, 0.5) is 5.82 Å². The SMILES string of the molecule is CC(C)(C)C(=O)CN1CCN(CCC2CCN(c3ccc(C(=O)C(C)(C)C)cn3)C2)CC1. The summed E-state index contributed by atoms with van der Waals surface area (Å²) < 4.78 is 0. The van der Waals surface area contributed by atoms with Crippen LogP contribution in [-0.4, -0.2) is 78.7 Å². The first-order chi connectivity index (χ1) is 14.9. The highest BCUT2D eigenvalue weighted by molar-refractivity contribution is 5.99. The van der Waals surface area contributed by atoms with Crippen molar-refractivity contribution in [3.63, 3.8) is 0 Å². The average molecular weight is 443 g/mol. The third-order valence-electron chi connectivity index (χ3n) is 6.82. The topological polar surface area (TPSA) is 56.8 Å². The number of pyridine rings is 1. The lowest BCUT2D eigenvalue weighted by Crippen LogP contribution is -2.49. The van der Waals surface area contributed by atoms with E-state index in [1.165, 1.54) is 12.8 Å². The molecule has 0 N–H and O–H groups in total. The second kappa shape index (κ2) is 10.0. The highest BCUT2D eigenvalue weighted by Gasteiger charge is 2.28. The fourth-order valence-electron chi connectivity index (χ4n) is 4.39. The normalized spacial score (nSPS) is 21.2. The Morgan fingerprint density at radius 3 is 2.16 bits per heavy atom. The van der Waals surface area contributed by atoms with Crippen LogP contribution in [0.3, 0.4) is 0 Å². The number of Topliss-reactive ketones (excluding diaryl/α,β-unsaturated/α-hetero) is 2. The van der Waals surface area contributed by atoms with Crippen molar-refractivity contribution in [3.8, 4) is 0 Å². The van der Waals surface area contributed by atoms with Crippen LogP contribution < -0.4 is 4.90 Å². The van der Waals surface area contributed by atoms with E-state index in [1.54, 1.807) is 6.20 Å². The fraction of sp³-hybridized carbons (Fsp3) is 0.731. The first-order valence-electron chi connectivity index (χ1n) is 12.2. The molecule has 3 heterocycles. The van der Waals surface area contributed by atoms with Gasteiger partial charge in [0.15, 0.2) is 11.6 Å². The summed E-state index contributed by atoms with van der Waals surface area (Å²) in [6.45, 7) is 19.7. The van der Waals surface area contributed by atoms with Crippen LogP contribution in [0.1, 0.15) is 64.7 Å². The van der Waals surface area contributed by atoms with Gasteiger partial charge in [-0.3, -0.25) is 14.5 Å². The quantitative estimate of drug-likeness (QED) is 0.600. The zero-order chi connectivity index (χ0) is 23.5. The summed E-state index contributed by atoms with van der Waals surface area (Å²) in [5.41, 5.74) is 0.0681. The van der Waals surface area contributed by atoms with Gasteiger partial charge >= 0.3 is 0 Å². The molecule has 2 aliphatic rings. The minimum atomic E-state index is -0.379. The smallest absolute Gasteiger partial charge is 0.169 e. The van der Waals surface area contributed by atoms with Gasteiger partial charge in [-0.05, 0) is 37.4 Å². The molecule has 6 heteroatoms. The van der Waals surface area contributed by atoms with Crippen LogP contribution >= 0.6 is 0 Å². The summed E-state index contributed by atoms with van der Waals surface area (Å²) in [5.74, 6) is 2.14. The number of hydrogen-bond donors (Lipinski definition) is 0. The molecule has 1 unspecified atom stereocenters. The summed E-state index contributed by atoms with van der Waals surface area (Å²) in [4.78, 5) is 36.5. The minimum absolute atomic E-state index is 0.138. The summed E-state index contributed by atoms with van der Waals surface area (Å²) in [7, 11) is 0. The number of carbonyl (C=O) groups excluding carboxylic acids is 2. The molecule has 0 bridgehead atoms. The maximum absolute atomic E-state index is 12.4. The summed E-state index contributed by atoms with van der Waals surface area (Å²) in [6.07, 6.45) is 4.14. The Labute approximate surface area is 194 Å². The molecule has 0 aromatic carbocycles. The van der Waals surface area contributed by atoms with Crippen molar-refractivity contribution >= 4 is 17.4 Å². The molecular weight excluding hydrogens is 400 g/mol. The third-order valence-corrected chi connectivity index (χ3v) is 6.82. The van der Waals surface area contributed by atoms with Gasteiger partial charge in [0, 0.05) is 61.9 Å². The first-order valence-corrected chi connectivity index (χ1v) is 12.2. The molecule has 0 saturated carbocycles. The van der Waals surface area contributed by atoms with Gasteiger partial charge in [-0.25, -0.2) is 4.98 Å². The van der Waals surface area contributed by atoms with E-state index in [2.05, 4.69) is 19.7 Å². The van der Waals surface area contributed by atoms with E-state index in [0.29, 0.717) is 23.8 Å². The van der Waals surface area contributed by atoms with Crippen molar-refractivity contribution in [2.75, 3.05) is 57.3 Å².